The lowest BCUT2D eigenvalue weighted by molar-refractivity contribution is -0.137. The number of carbonyl (C=O) groups excluding carboxylic acids is 1. The second-order valence-electron chi connectivity index (χ2n) is 6.19. The number of hydrogen-bond donors (Lipinski definition) is 1. The van der Waals surface area contributed by atoms with Crippen molar-refractivity contribution in [3.63, 3.8) is 0 Å². The van der Waals surface area contributed by atoms with E-state index in [0.29, 0.717) is 24.3 Å². The molecule has 1 amide bonds. The Hall–Kier alpha value is -2.59. The Morgan fingerprint density at radius 2 is 1.97 bits per heavy atom. The quantitative estimate of drug-likeness (QED) is 0.523. The molecule has 0 atom stereocenters. The van der Waals surface area contributed by atoms with Crippen molar-refractivity contribution >= 4 is 35.1 Å². The van der Waals surface area contributed by atoms with Gasteiger partial charge >= 0.3 is 6.18 Å². The highest BCUT2D eigenvalue weighted by Crippen LogP contribution is 2.32. The van der Waals surface area contributed by atoms with Gasteiger partial charge in [0.25, 0.3) is 0 Å². The van der Waals surface area contributed by atoms with Crippen LogP contribution in [0.2, 0.25) is 5.02 Å². The first-order chi connectivity index (χ1) is 14.3. The molecule has 0 saturated heterocycles. The molecule has 11 heteroatoms. The van der Waals surface area contributed by atoms with E-state index in [4.69, 9.17) is 11.6 Å². The molecule has 30 heavy (non-hydrogen) atoms. The first kappa shape index (κ1) is 22.1. The van der Waals surface area contributed by atoms with Crippen LogP contribution in [0.15, 0.2) is 47.8 Å². The molecule has 0 fully saturated rings. The van der Waals surface area contributed by atoms with Gasteiger partial charge in [-0.3, -0.25) is 4.79 Å². The summed E-state index contributed by atoms with van der Waals surface area (Å²) in [7, 11) is 0. The minimum Gasteiger partial charge on any atom is -0.309 e. The lowest BCUT2D eigenvalue weighted by atomic mass is 10.1. The summed E-state index contributed by atoms with van der Waals surface area (Å²) in [6.07, 6.45) is -3.32. The molecule has 0 aliphatic carbocycles. The summed E-state index contributed by atoms with van der Waals surface area (Å²) in [6.45, 7) is 2.58. The van der Waals surface area contributed by atoms with Crippen LogP contribution in [-0.2, 0) is 23.9 Å². The van der Waals surface area contributed by atoms with E-state index < -0.39 is 17.6 Å². The third-order valence-electron chi connectivity index (χ3n) is 4.07. The van der Waals surface area contributed by atoms with Crippen LogP contribution in [-0.4, -0.2) is 31.4 Å². The van der Waals surface area contributed by atoms with Gasteiger partial charge in [0.2, 0.25) is 5.91 Å². The predicted molar refractivity (Wildman–Crippen MR) is 109 cm³/mol. The molecule has 6 nitrogen and oxygen atoms in total. The van der Waals surface area contributed by atoms with Gasteiger partial charge in [-0.25, -0.2) is 4.98 Å². The molecule has 3 aromatic rings. The number of thioether (sulfide) groups is 1. The Morgan fingerprint density at radius 3 is 2.60 bits per heavy atom. The average Bonchev–Trinajstić information content (AvgIpc) is 3.09. The van der Waals surface area contributed by atoms with E-state index in [9.17, 15) is 18.0 Å². The summed E-state index contributed by atoms with van der Waals surface area (Å²) in [5, 5.41) is 11.1. The van der Waals surface area contributed by atoms with Gasteiger partial charge in [0.1, 0.15) is 5.82 Å². The summed E-state index contributed by atoms with van der Waals surface area (Å²) in [5.74, 6) is 0.156. The third kappa shape index (κ3) is 5.51. The van der Waals surface area contributed by atoms with E-state index in [1.54, 1.807) is 0 Å². The van der Waals surface area contributed by atoms with E-state index in [1.165, 1.54) is 11.8 Å². The number of aromatic nitrogens is 4. The number of alkyl halides is 3. The van der Waals surface area contributed by atoms with E-state index >= 15 is 0 Å². The Kier molecular flexibility index (Phi) is 6.99. The van der Waals surface area contributed by atoms with Crippen LogP contribution >= 0.6 is 23.4 Å². The van der Waals surface area contributed by atoms with Gasteiger partial charge in [-0.05, 0) is 18.6 Å². The number of hydrogen-bond acceptors (Lipinski definition) is 5. The molecule has 0 radical (unpaired) electrons. The number of rotatable bonds is 7. The molecule has 0 saturated carbocycles. The number of pyridine rings is 1. The monoisotopic (exact) mass is 455 g/mol. The second-order valence-corrected chi connectivity index (χ2v) is 7.54. The second kappa shape index (κ2) is 9.48. The number of nitrogens with zero attached hydrogens (tertiary/aromatic N) is 4. The van der Waals surface area contributed by atoms with Crippen molar-refractivity contribution in [2.75, 3.05) is 11.1 Å². The van der Waals surface area contributed by atoms with E-state index in [-0.39, 0.29) is 16.6 Å². The average molecular weight is 456 g/mol. The normalized spacial score (nSPS) is 11.5. The molecule has 0 aliphatic rings. The van der Waals surface area contributed by atoms with Crippen LogP contribution in [0.1, 0.15) is 23.9 Å². The first-order valence-electron chi connectivity index (χ1n) is 8.89. The molecule has 158 valence electrons. The fourth-order valence-corrected chi connectivity index (χ4v) is 3.67. The van der Waals surface area contributed by atoms with Crippen LogP contribution in [0.4, 0.5) is 19.0 Å². The summed E-state index contributed by atoms with van der Waals surface area (Å²) in [6, 6.07) is 10.5. The van der Waals surface area contributed by atoms with Crippen LogP contribution in [0.3, 0.4) is 0 Å². The Morgan fingerprint density at radius 1 is 1.23 bits per heavy atom. The SMILES string of the molecule is CCn1c(Cc2ccccc2)nnc1SCC(=O)Nc1ncc(C(F)(F)F)cc1Cl. The Labute approximate surface area is 179 Å². The van der Waals surface area contributed by atoms with Gasteiger partial charge in [-0.15, -0.1) is 10.2 Å². The van der Waals surface area contributed by atoms with Gasteiger partial charge in [0.05, 0.1) is 16.3 Å². The molecule has 0 spiro atoms. The van der Waals surface area contributed by atoms with Crippen molar-refractivity contribution in [3.8, 4) is 0 Å². The molecule has 2 aromatic heterocycles. The number of halogens is 4. The van der Waals surface area contributed by atoms with Gasteiger partial charge in [0, 0.05) is 19.2 Å². The van der Waals surface area contributed by atoms with Gasteiger partial charge in [-0.1, -0.05) is 53.7 Å². The van der Waals surface area contributed by atoms with Crippen LogP contribution in [0.5, 0.6) is 0 Å². The van der Waals surface area contributed by atoms with Crippen molar-refractivity contribution in [3.05, 3.63) is 64.6 Å². The van der Waals surface area contributed by atoms with Crippen LogP contribution in [0.25, 0.3) is 0 Å². The third-order valence-corrected chi connectivity index (χ3v) is 5.33. The molecule has 0 bridgehead atoms. The maximum Gasteiger partial charge on any atom is 0.417 e. The maximum atomic E-state index is 12.7. The highest BCUT2D eigenvalue weighted by Gasteiger charge is 2.31. The molecular weight excluding hydrogens is 439 g/mol. The molecule has 1 aromatic carbocycles. The topological polar surface area (TPSA) is 72.7 Å². The van der Waals surface area contributed by atoms with Crippen molar-refractivity contribution in [1.82, 2.24) is 19.7 Å². The molecule has 2 heterocycles. The Balaban J connectivity index is 1.62. The minimum absolute atomic E-state index is 0.0253. The van der Waals surface area contributed by atoms with Crippen molar-refractivity contribution in [2.24, 2.45) is 0 Å². The maximum absolute atomic E-state index is 12.7. The molecule has 0 aliphatic heterocycles. The summed E-state index contributed by atoms with van der Waals surface area (Å²) in [4.78, 5) is 15.8. The van der Waals surface area contributed by atoms with E-state index in [2.05, 4.69) is 20.5 Å². The molecule has 3 rings (SSSR count). The fourth-order valence-electron chi connectivity index (χ4n) is 2.64. The summed E-state index contributed by atoms with van der Waals surface area (Å²) >= 11 is 6.98. The lowest BCUT2D eigenvalue weighted by Crippen LogP contribution is -2.16. The highest BCUT2D eigenvalue weighted by molar-refractivity contribution is 7.99. The summed E-state index contributed by atoms with van der Waals surface area (Å²) < 4.78 is 39.9. The van der Waals surface area contributed by atoms with Crippen LogP contribution < -0.4 is 5.32 Å². The minimum atomic E-state index is -4.56. The number of anilines is 1. The van der Waals surface area contributed by atoms with Gasteiger partial charge in [-0.2, -0.15) is 13.2 Å². The first-order valence-corrected chi connectivity index (χ1v) is 10.3. The Bertz CT molecular complexity index is 1030. The van der Waals surface area contributed by atoms with E-state index in [1.807, 2.05) is 41.8 Å². The number of nitrogens with one attached hydrogen (secondary N) is 1. The molecule has 1 N–H and O–H groups in total. The number of carbonyl (C=O) groups is 1. The zero-order valence-electron chi connectivity index (χ0n) is 15.8. The van der Waals surface area contributed by atoms with E-state index in [0.717, 1.165) is 17.5 Å². The fraction of sp³-hybridized carbons (Fsp3) is 0.263. The highest BCUT2D eigenvalue weighted by atomic mass is 35.5. The van der Waals surface area contributed by atoms with Crippen molar-refractivity contribution in [1.29, 1.82) is 0 Å². The zero-order chi connectivity index (χ0) is 21.7. The molecule has 0 unspecified atom stereocenters. The summed E-state index contributed by atoms with van der Waals surface area (Å²) in [5.41, 5.74) is 0.110. The van der Waals surface area contributed by atoms with Crippen molar-refractivity contribution in [2.45, 2.75) is 31.2 Å². The standard InChI is InChI=1S/C19H17ClF3N5OS/c1-2-28-15(8-12-6-4-3-5-7-12)26-27-18(28)30-11-16(29)25-17-14(20)9-13(10-24-17)19(21,22)23/h3-7,9-10H,2,8,11H2,1H3,(H,24,25,29). The number of benzene rings is 1. The van der Waals surface area contributed by atoms with Gasteiger partial charge in [0.15, 0.2) is 11.0 Å². The molecular formula is C19H17ClF3N5OS. The van der Waals surface area contributed by atoms with Crippen molar-refractivity contribution < 1.29 is 18.0 Å². The van der Waals surface area contributed by atoms with Crippen LogP contribution in [0, 0.1) is 0 Å². The van der Waals surface area contributed by atoms with Gasteiger partial charge < -0.3 is 9.88 Å². The zero-order valence-corrected chi connectivity index (χ0v) is 17.4. The number of amides is 1. The smallest absolute Gasteiger partial charge is 0.309 e. The largest absolute Gasteiger partial charge is 0.417 e. The lowest BCUT2D eigenvalue weighted by Gasteiger charge is -2.10. The predicted octanol–water partition coefficient (Wildman–Crippen LogP) is 4.69.